The largest absolute Gasteiger partial charge is 0.465 e. The lowest BCUT2D eigenvalue weighted by Gasteiger charge is -2.16. The molecule has 0 spiro atoms. The van der Waals surface area contributed by atoms with Gasteiger partial charge in [0.05, 0.1) is 40.7 Å². The third-order valence-electron chi connectivity index (χ3n) is 4.91. The van der Waals surface area contributed by atoms with Gasteiger partial charge in [0.25, 0.3) is 5.91 Å². The Kier molecular flexibility index (Phi) is 9.51. The number of esters is 1. The van der Waals surface area contributed by atoms with Gasteiger partial charge in [-0.05, 0) is 37.3 Å². The second kappa shape index (κ2) is 12.6. The highest BCUT2D eigenvalue weighted by Gasteiger charge is 2.22. The number of benzene rings is 2. The van der Waals surface area contributed by atoms with Crippen molar-refractivity contribution in [2.75, 3.05) is 18.2 Å². The van der Waals surface area contributed by atoms with E-state index >= 15 is 0 Å². The molecule has 2 amide bonds. The maximum atomic E-state index is 12.7. The molecule has 0 saturated heterocycles. The first-order valence-corrected chi connectivity index (χ1v) is 12.4. The van der Waals surface area contributed by atoms with E-state index in [1.54, 1.807) is 54.0 Å². The summed E-state index contributed by atoms with van der Waals surface area (Å²) in [6, 6.07) is 10.7. The van der Waals surface area contributed by atoms with E-state index in [1.165, 1.54) is 13.2 Å². The lowest BCUT2D eigenvalue weighted by Crippen LogP contribution is -2.29. The number of thioether (sulfide) groups is 1. The number of nitrogens with one attached hydrogen (secondary N) is 2. The molecule has 0 radical (unpaired) electrons. The number of allylic oxidation sites excluding steroid dienone is 1. The minimum atomic E-state index is -0.551. The SMILES string of the molecule is C=CCn1c(SCC(=O)Nc2ccccc2C(=O)OC)nnc1[C@H](C)NC(=O)c1ccc(Cl)cc1Cl. The smallest absolute Gasteiger partial charge is 0.339 e. The van der Waals surface area contributed by atoms with Crippen molar-refractivity contribution in [1.82, 2.24) is 20.1 Å². The minimum absolute atomic E-state index is 0.00586. The number of anilines is 1. The summed E-state index contributed by atoms with van der Waals surface area (Å²) in [5.74, 6) is -0.802. The Balaban J connectivity index is 1.70. The van der Waals surface area contributed by atoms with Crippen LogP contribution in [0.5, 0.6) is 0 Å². The van der Waals surface area contributed by atoms with Crippen LogP contribution in [0.3, 0.4) is 0 Å². The van der Waals surface area contributed by atoms with Crippen molar-refractivity contribution in [2.24, 2.45) is 0 Å². The van der Waals surface area contributed by atoms with Crippen LogP contribution >= 0.6 is 35.0 Å². The number of hydrogen-bond acceptors (Lipinski definition) is 7. The molecule has 3 aromatic rings. The molecule has 0 aliphatic carbocycles. The average molecular weight is 548 g/mol. The topological polar surface area (TPSA) is 115 Å². The van der Waals surface area contributed by atoms with Crippen molar-refractivity contribution in [3.05, 3.63) is 82.1 Å². The van der Waals surface area contributed by atoms with Gasteiger partial charge >= 0.3 is 5.97 Å². The van der Waals surface area contributed by atoms with Crippen LogP contribution in [-0.4, -0.2) is 45.4 Å². The molecule has 0 bridgehead atoms. The summed E-state index contributed by atoms with van der Waals surface area (Å²) in [5.41, 5.74) is 0.877. The van der Waals surface area contributed by atoms with Gasteiger partial charge in [-0.25, -0.2) is 4.79 Å². The van der Waals surface area contributed by atoms with Gasteiger partial charge in [0, 0.05) is 11.6 Å². The lowest BCUT2D eigenvalue weighted by atomic mass is 10.2. The van der Waals surface area contributed by atoms with Crippen LogP contribution < -0.4 is 10.6 Å². The van der Waals surface area contributed by atoms with Gasteiger partial charge < -0.3 is 19.9 Å². The molecular weight excluding hydrogens is 525 g/mol. The number of carbonyl (C=O) groups excluding carboxylic acids is 3. The van der Waals surface area contributed by atoms with E-state index in [0.29, 0.717) is 28.2 Å². The lowest BCUT2D eigenvalue weighted by molar-refractivity contribution is -0.113. The number of ether oxygens (including phenoxy) is 1. The molecule has 0 aliphatic heterocycles. The van der Waals surface area contributed by atoms with Crippen molar-refractivity contribution in [3.63, 3.8) is 0 Å². The molecule has 0 fully saturated rings. The predicted molar refractivity (Wildman–Crippen MR) is 140 cm³/mol. The van der Waals surface area contributed by atoms with Crippen LogP contribution in [0.4, 0.5) is 5.69 Å². The van der Waals surface area contributed by atoms with E-state index in [-0.39, 0.29) is 27.8 Å². The minimum Gasteiger partial charge on any atom is -0.465 e. The van der Waals surface area contributed by atoms with E-state index in [4.69, 9.17) is 27.9 Å². The number of amides is 2. The van der Waals surface area contributed by atoms with Crippen molar-refractivity contribution in [3.8, 4) is 0 Å². The molecule has 1 heterocycles. The summed E-state index contributed by atoms with van der Waals surface area (Å²) in [6.07, 6.45) is 1.66. The van der Waals surface area contributed by atoms with Crippen LogP contribution in [0.15, 0.2) is 60.3 Å². The highest BCUT2D eigenvalue weighted by Crippen LogP contribution is 2.24. The second-order valence-electron chi connectivity index (χ2n) is 7.43. The van der Waals surface area contributed by atoms with Gasteiger partial charge in [-0.2, -0.15) is 0 Å². The Morgan fingerprint density at radius 3 is 2.61 bits per heavy atom. The van der Waals surface area contributed by atoms with E-state index in [0.717, 1.165) is 11.8 Å². The second-order valence-corrected chi connectivity index (χ2v) is 9.22. The van der Waals surface area contributed by atoms with Gasteiger partial charge in [0.15, 0.2) is 11.0 Å². The Bertz CT molecular complexity index is 1300. The first-order chi connectivity index (χ1) is 17.2. The Labute approximate surface area is 222 Å². The fourth-order valence-corrected chi connectivity index (χ4v) is 4.49. The van der Waals surface area contributed by atoms with Gasteiger partial charge in [-0.3, -0.25) is 9.59 Å². The van der Waals surface area contributed by atoms with Gasteiger partial charge in [-0.1, -0.05) is 53.2 Å². The Morgan fingerprint density at radius 2 is 1.92 bits per heavy atom. The molecule has 9 nitrogen and oxygen atoms in total. The third-order valence-corrected chi connectivity index (χ3v) is 6.42. The molecule has 2 N–H and O–H groups in total. The summed E-state index contributed by atoms with van der Waals surface area (Å²) in [7, 11) is 1.27. The number of carbonyl (C=O) groups is 3. The molecule has 1 atom stereocenters. The maximum absolute atomic E-state index is 12.7. The van der Waals surface area contributed by atoms with Gasteiger partial charge in [0.1, 0.15) is 0 Å². The number of para-hydroxylation sites is 1. The molecule has 2 aromatic carbocycles. The van der Waals surface area contributed by atoms with E-state index in [1.807, 2.05) is 0 Å². The van der Waals surface area contributed by atoms with Crippen LogP contribution in [0.25, 0.3) is 0 Å². The first-order valence-electron chi connectivity index (χ1n) is 10.6. The zero-order valence-electron chi connectivity index (χ0n) is 19.5. The molecule has 12 heteroatoms. The third kappa shape index (κ3) is 6.66. The predicted octanol–water partition coefficient (Wildman–Crippen LogP) is 4.78. The Morgan fingerprint density at radius 1 is 1.17 bits per heavy atom. The zero-order valence-corrected chi connectivity index (χ0v) is 21.8. The van der Waals surface area contributed by atoms with Crippen LogP contribution in [0.1, 0.15) is 39.5 Å². The molecule has 3 rings (SSSR count). The maximum Gasteiger partial charge on any atom is 0.339 e. The average Bonchev–Trinajstić information content (AvgIpc) is 3.25. The zero-order chi connectivity index (χ0) is 26.2. The summed E-state index contributed by atoms with van der Waals surface area (Å²) in [4.78, 5) is 37.2. The fourth-order valence-electron chi connectivity index (χ4n) is 3.24. The number of hydrogen-bond donors (Lipinski definition) is 2. The van der Waals surface area contributed by atoms with Crippen molar-refractivity contribution in [1.29, 1.82) is 0 Å². The van der Waals surface area contributed by atoms with E-state index in [9.17, 15) is 14.4 Å². The molecule has 0 saturated carbocycles. The van der Waals surface area contributed by atoms with Crippen LogP contribution in [0.2, 0.25) is 10.0 Å². The van der Waals surface area contributed by atoms with Crippen LogP contribution in [-0.2, 0) is 16.1 Å². The summed E-state index contributed by atoms with van der Waals surface area (Å²) < 4.78 is 6.51. The number of halogens is 2. The van der Waals surface area contributed by atoms with E-state index in [2.05, 4.69) is 27.4 Å². The summed E-state index contributed by atoms with van der Waals surface area (Å²) >= 11 is 13.2. The van der Waals surface area contributed by atoms with Crippen molar-refractivity contribution < 1.29 is 19.1 Å². The van der Waals surface area contributed by atoms with Crippen molar-refractivity contribution >= 4 is 58.4 Å². The first kappa shape index (κ1) is 27.3. The Hall–Kier alpha value is -3.34. The summed E-state index contributed by atoms with van der Waals surface area (Å²) in [5, 5.41) is 15.1. The molecule has 188 valence electrons. The molecule has 0 aliphatic rings. The van der Waals surface area contributed by atoms with Gasteiger partial charge in [-0.15, -0.1) is 16.8 Å². The molecular formula is C24H23Cl2N5O4S. The normalized spacial score (nSPS) is 11.4. The van der Waals surface area contributed by atoms with E-state index < -0.39 is 17.9 Å². The monoisotopic (exact) mass is 547 g/mol. The number of aromatic nitrogens is 3. The summed E-state index contributed by atoms with van der Waals surface area (Å²) in [6.45, 7) is 5.89. The standard InChI is InChI=1S/C24H23Cl2N5O4S/c1-4-11-31-21(14(2)27-22(33)16-10-9-15(25)12-18(16)26)29-30-24(31)36-13-20(32)28-19-8-6-5-7-17(19)23(34)35-3/h4-10,12,14H,1,11,13H2,2-3H3,(H,27,33)(H,28,32)/t14-/m0/s1. The van der Waals surface area contributed by atoms with Gasteiger partial charge in [0.2, 0.25) is 5.91 Å². The molecule has 1 aromatic heterocycles. The number of nitrogens with zero attached hydrogens (tertiary/aromatic N) is 3. The molecule has 0 unspecified atom stereocenters. The van der Waals surface area contributed by atoms with Crippen molar-refractivity contribution in [2.45, 2.75) is 24.7 Å². The highest BCUT2D eigenvalue weighted by molar-refractivity contribution is 7.99. The van der Waals surface area contributed by atoms with Crippen LogP contribution in [0, 0.1) is 0 Å². The number of rotatable bonds is 10. The quantitative estimate of drug-likeness (QED) is 0.213. The fraction of sp³-hybridized carbons (Fsp3) is 0.208. The highest BCUT2D eigenvalue weighted by atomic mass is 35.5. The number of methoxy groups -OCH3 is 1. The molecule has 36 heavy (non-hydrogen) atoms.